The Morgan fingerprint density at radius 1 is 1.40 bits per heavy atom. The average molecular weight is 216 g/mol. The van der Waals surface area contributed by atoms with E-state index in [1.54, 1.807) is 18.2 Å². The maximum atomic E-state index is 12.2. The number of nitrogen functional groups attached to an aromatic ring is 1. The Hall–Kier alpha value is -1.23. The van der Waals surface area contributed by atoms with Crippen molar-refractivity contribution in [3.8, 4) is 0 Å². The van der Waals surface area contributed by atoms with Crippen LogP contribution in [-0.4, -0.2) is 6.18 Å². The fourth-order valence-electron chi connectivity index (χ4n) is 1.88. The third-order valence-electron chi connectivity index (χ3n) is 2.52. The fourth-order valence-corrected chi connectivity index (χ4v) is 1.88. The summed E-state index contributed by atoms with van der Waals surface area (Å²) in [5.41, 5.74) is 7.71. The van der Waals surface area contributed by atoms with Gasteiger partial charge in [-0.3, -0.25) is 0 Å². The first kappa shape index (κ1) is 10.3. The Kier molecular flexibility index (Phi) is 2.34. The number of benzene rings is 1. The highest BCUT2D eigenvalue weighted by atomic mass is 19.4. The molecule has 82 valence electrons. The van der Waals surface area contributed by atoms with Crippen molar-refractivity contribution in [2.24, 2.45) is 0 Å². The number of hydrogen-bond donors (Lipinski definition) is 2. The Labute approximate surface area is 85.3 Å². The van der Waals surface area contributed by atoms with Crippen LogP contribution in [0.25, 0.3) is 0 Å². The van der Waals surface area contributed by atoms with Crippen molar-refractivity contribution < 1.29 is 13.2 Å². The molecule has 0 amide bonds. The van der Waals surface area contributed by atoms with Gasteiger partial charge in [-0.25, -0.2) is 0 Å². The third-order valence-corrected chi connectivity index (χ3v) is 2.52. The quantitative estimate of drug-likeness (QED) is 0.707. The summed E-state index contributed by atoms with van der Waals surface area (Å²) < 4.78 is 36.6. The third kappa shape index (κ3) is 2.23. The van der Waals surface area contributed by atoms with E-state index >= 15 is 0 Å². The van der Waals surface area contributed by atoms with Gasteiger partial charge in [-0.15, -0.1) is 0 Å². The van der Waals surface area contributed by atoms with E-state index in [4.69, 9.17) is 5.73 Å². The van der Waals surface area contributed by atoms with Crippen molar-refractivity contribution in [1.29, 1.82) is 0 Å². The van der Waals surface area contributed by atoms with Gasteiger partial charge in [0.15, 0.2) is 0 Å². The summed E-state index contributed by atoms with van der Waals surface area (Å²) >= 11 is 0. The molecule has 0 spiro atoms. The zero-order valence-electron chi connectivity index (χ0n) is 7.93. The van der Waals surface area contributed by atoms with Crippen LogP contribution in [0.2, 0.25) is 0 Å². The van der Waals surface area contributed by atoms with Crippen molar-refractivity contribution >= 4 is 5.69 Å². The molecular formula is C10H11F3N2. The summed E-state index contributed by atoms with van der Waals surface area (Å²) in [6.45, 7) is 0.459. The number of hydrogen-bond acceptors (Lipinski definition) is 2. The molecule has 1 heterocycles. The van der Waals surface area contributed by atoms with Crippen molar-refractivity contribution in [3.63, 3.8) is 0 Å². The second kappa shape index (κ2) is 3.41. The molecule has 0 radical (unpaired) electrons. The predicted molar refractivity (Wildman–Crippen MR) is 51.1 cm³/mol. The molecule has 2 nitrogen and oxygen atoms in total. The summed E-state index contributed by atoms with van der Waals surface area (Å²) in [6.07, 6.45) is -4.97. The van der Waals surface area contributed by atoms with Gasteiger partial charge in [-0.05, 0) is 23.3 Å². The van der Waals surface area contributed by atoms with Crippen molar-refractivity contribution in [1.82, 2.24) is 5.32 Å². The molecule has 0 aliphatic carbocycles. The maximum absolute atomic E-state index is 12.2. The van der Waals surface area contributed by atoms with Crippen LogP contribution in [0.15, 0.2) is 18.2 Å². The normalized spacial score (nSPS) is 20.3. The van der Waals surface area contributed by atoms with Crippen LogP contribution in [0.5, 0.6) is 0 Å². The number of nitrogens with one attached hydrogen (secondary N) is 1. The van der Waals surface area contributed by atoms with E-state index in [0.29, 0.717) is 17.8 Å². The minimum atomic E-state index is -4.14. The molecule has 1 unspecified atom stereocenters. The van der Waals surface area contributed by atoms with Gasteiger partial charge in [0.05, 0.1) is 6.42 Å². The first-order valence-electron chi connectivity index (χ1n) is 4.64. The number of alkyl halides is 3. The molecule has 1 aliphatic rings. The molecule has 15 heavy (non-hydrogen) atoms. The lowest BCUT2D eigenvalue weighted by atomic mass is 10.0. The zero-order valence-corrected chi connectivity index (χ0v) is 7.93. The number of rotatable bonds is 1. The van der Waals surface area contributed by atoms with Gasteiger partial charge in [0.2, 0.25) is 0 Å². The molecule has 0 bridgehead atoms. The van der Waals surface area contributed by atoms with Gasteiger partial charge in [-0.2, -0.15) is 13.2 Å². The number of halogens is 3. The zero-order chi connectivity index (χ0) is 11.1. The number of fused-ring (bicyclic) bond motifs is 1. The van der Waals surface area contributed by atoms with Crippen molar-refractivity contribution in [3.05, 3.63) is 29.3 Å². The molecule has 0 saturated heterocycles. The van der Waals surface area contributed by atoms with Crippen LogP contribution in [-0.2, 0) is 6.54 Å². The molecule has 0 aromatic heterocycles. The van der Waals surface area contributed by atoms with Crippen LogP contribution in [0.3, 0.4) is 0 Å². The molecule has 1 atom stereocenters. The maximum Gasteiger partial charge on any atom is 0.390 e. The molecular weight excluding hydrogens is 205 g/mol. The van der Waals surface area contributed by atoms with Crippen molar-refractivity contribution in [2.45, 2.75) is 25.2 Å². The van der Waals surface area contributed by atoms with Crippen LogP contribution >= 0.6 is 0 Å². The lowest BCUT2D eigenvalue weighted by molar-refractivity contribution is -0.140. The first-order chi connectivity index (χ1) is 6.96. The highest BCUT2D eigenvalue weighted by Crippen LogP contribution is 2.35. The topological polar surface area (TPSA) is 38.0 Å². The summed E-state index contributed by atoms with van der Waals surface area (Å²) in [5, 5.41) is 2.83. The smallest absolute Gasteiger partial charge is 0.390 e. The fraction of sp³-hybridized carbons (Fsp3) is 0.400. The van der Waals surface area contributed by atoms with E-state index in [9.17, 15) is 13.2 Å². The van der Waals surface area contributed by atoms with Gasteiger partial charge in [0.1, 0.15) is 0 Å². The standard InChI is InChI=1S/C10H11F3N2/c11-10(12,13)4-9-8-2-1-7(14)3-6(8)5-15-9/h1-3,9,15H,4-5,14H2. The van der Waals surface area contributed by atoms with E-state index in [2.05, 4.69) is 5.32 Å². The van der Waals surface area contributed by atoms with E-state index in [-0.39, 0.29) is 0 Å². The molecule has 3 N–H and O–H groups in total. The number of anilines is 1. The molecule has 0 saturated carbocycles. The van der Waals surface area contributed by atoms with Gasteiger partial charge >= 0.3 is 6.18 Å². The second-order valence-electron chi connectivity index (χ2n) is 3.71. The highest BCUT2D eigenvalue weighted by Gasteiger charge is 2.35. The first-order valence-corrected chi connectivity index (χ1v) is 4.64. The summed E-state index contributed by atoms with van der Waals surface area (Å²) in [4.78, 5) is 0. The predicted octanol–water partition coefficient (Wildman–Crippen LogP) is 2.37. The molecule has 1 aliphatic heterocycles. The minimum Gasteiger partial charge on any atom is -0.399 e. The Bertz CT molecular complexity index is 373. The number of nitrogens with two attached hydrogens (primary N) is 1. The molecule has 0 fully saturated rings. The van der Waals surface area contributed by atoms with Crippen LogP contribution in [0.1, 0.15) is 23.6 Å². The van der Waals surface area contributed by atoms with Gasteiger partial charge < -0.3 is 11.1 Å². The Balaban J connectivity index is 2.22. The van der Waals surface area contributed by atoms with E-state index in [1.165, 1.54) is 0 Å². The average Bonchev–Trinajstić information content (AvgIpc) is 2.45. The molecule has 2 rings (SSSR count). The monoisotopic (exact) mass is 216 g/mol. The lowest BCUT2D eigenvalue weighted by Crippen LogP contribution is -2.20. The van der Waals surface area contributed by atoms with E-state index < -0.39 is 18.6 Å². The minimum absolute atomic E-state index is 0.459. The van der Waals surface area contributed by atoms with Crippen molar-refractivity contribution in [2.75, 3.05) is 5.73 Å². The largest absolute Gasteiger partial charge is 0.399 e. The Morgan fingerprint density at radius 3 is 2.80 bits per heavy atom. The van der Waals surface area contributed by atoms with E-state index in [1.807, 2.05) is 0 Å². The lowest BCUT2D eigenvalue weighted by Gasteiger charge is -2.14. The van der Waals surface area contributed by atoms with Gasteiger partial charge in [0.25, 0.3) is 0 Å². The molecule has 1 aromatic carbocycles. The summed E-state index contributed by atoms with van der Waals surface area (Å²) in [7, 11) is 0. The van der Waals surface area contributed by atoms with Gasteiger partial charge in [0, 0.05) is 18.3 Å². The van der Waals surface area contributed by atoms with Crippen LogP contribution in [0, 0.1) is 0 Å². The van der Waals surface area contributed by atoms with Gasteiger partial charge in [-0.1, -0.05) is 6.07 Å². The van der Waals surface area contributed by atoms with Crippen LogP contribution < -0.4 is 11.1 Å². The summed E-state index contributed by atoms with van der Waals surface area (Å²) in [6, 6.07) is 4.40. The van der Waals surface area contributed by atoms with E-state index in [0.717, 1.165) is 5.56 Å². The molecule has 5 heteroatoms. The summed E-state index contributed by atoms with van der Waals surface area (Å²) in [5.74, 6) is 0. The highest BCUT2D eigenvalue weighted by molar-refractivity contribution is 5.47. The molecule has 1 aromatic rings. The SMILES string of the molecule is Nc1ccc2c(c1)CNC2CC(F)(F)F. The van der Waals surface area contributed by atoms with Crippen LogP contribution in [0.4, 0.5) is 18.9 Å². The Morgan fingerprint density at radius 2 is 2.13 bits per heavy atom. The second-order valence-corrected chi connectivity index (χ2v) is 3.71.